The molecule has 0 saturated carbocycles. The van der Waals surface area contributed by atoms with Crippen LogP contribution in [0.4, 0.5) is 9.80 Å². The van der Waals surface area contributed by atoms with Gasteiger partial charge in [-0.25, -0.2) is 14.6 Å². The molecular formula is C15H20N2O5S. The van der Waals surface area contributed by atoms with Crippen molar-refractivity contribution in [2.24, 2.45) is 0 Å². The molecule has 2 heterocycles. The van der Waals surface area contributed by atoms with E-state index in [4.69, 9.17) is 14.2 Å². The monoisotopic (exact) mass is 340 g/mol. The fourth-order valence-electron chi connectivity index (χ4n) is 1.89. The summed E-state index contributed by atoms with van der Waals surface area (Å²) >= 11 is 1.22. The maximum Gasteiger partial charge on any atom is 0.412 e. The lowest BCUT2D eigenvalue weighted by atomic mass is 10.2. The number of methoxy groups -OCH3 is 1. The smallest absolute Gasteiger partial charge is 0.412 e. The van der Waals surface area contributed by atoms with Crippen LogP contribution in [0.5, 0.6) is 0 Å². The number of aromatic nitrogens is 1. The number of ether oxygens (including phenoxy) is 3. The molecule has 1 aliphatic heterocycles. The first kappa shape index (κ1) is 17.4. The van der Waals surface area contributed by atoms with Gasteiger partial charge >= 0.3 is 12.1 Å². The SMILES string of the molecule is COC(=O)c1nc(C2=CCOCC2)sc1NC(=O)OC(C)(C)C. The number of anilines is 1. The predicted octanol–water partition coefficient (Wildman–Crippen LogP) is 3.08. The molecule has 0 bridgehead atoms. The normalized spacial score (nSPS) is 14.9. The number of nitrogens with zero attached hydrogens (tertiary/aromatic N) is 1. The zero-order valence-electron chi connectivity index (χ0n) is 13.6. The summed E-state index contributed by atoms with van der Waals surface area (Å²) in [7, 11) is 1.27. The second-order valence-corrected chi connectivity index (χ2v) is 6.87. The van der Waals surface area contributed by atoms with Gasteiger partial charge < -0.3 is 14.2 Å². The summed E-state index contributed by atoms with van der Waals surface area (Å²) in [5.74, 6) is -0.605. The maximum atomic E-state index is 11.9. The molecule has 1 aliphatic rings. The molecule has 0 radical (unpaired) electrons. The van der Waals surface area contributed by atoms with Crippen molar-refractivity contribution in [3.8, 4) is 0 Å². The van der Waals surface area contributed by atoms with Gasteiger partial charge in [0.2, 0.25) is 0 Å². The minimum Gasteiger partial charge on any atom is -0.464 e. The van der Waals surface area contributed by atoms with Crippen LogP contribution in [0.3, 0.4) is 0 Å². The molecule has 0 saturated heterocycles. The van der Waals surface area contributed by atoms with Crippen molar-refractivity contribution in [3.63, 3.8) is 0 Å². The second-order valence-electron chi connectivity index (χ2n) is 5.87. The van der Waals surface area contributed by atoms with Crippen LogP contribution in [0.15, 0.2) is 6.08 Å². The molecule has 1 N–H and O–H groups in total. The summed E-state index contributed by atoms with van der Waals surface area (Å²) in [6.45, 7) is 6.40. The first-order chi connectivity index (χ1) is 10.8. The third-order valence-electron chi connectivity index (χ3n) is 2.86. The van der Waals surface area contributed by atoms with Gasteiger partial charge in [0.05, 0.1) is 20.3 Å². The largest absolute Gasteiger partial charge is 0.464 e. The van der Waals surface area contributed by atoms with Gasteiger partial charge in [-0.05, 0) is 32.8 Å². The van der Waals surface area contributed by atoms with Crippen molar-refractivity contribution in [1.29, 1.82) is 0 Å². The third-order valence-corrected chi connectivity index (χ3v) is 3.90. The van der Waals surface area contributed by atoms with Crippen LogP contribution in [0.25, 0.3) is 5.57 Å². The molecule has 126 valence electrons. The summed E-state index contributed by atoms with van der Waals surface area (Å²) in [4.78, 5) is 28.1. The zero-order chi connectivity index (χ0) is 17.0. The van der Waals surface area contributed by atoms with E-state index in [1.54, 1.807) is 20.8 Å². The van der Waals surface area contributed by atoms with E-state index in [2.05, 4.69) is 10.3 Å². The molecule has 23 heavy (non-hydrogen) atoms. The highest BCUT2D eigenvalue weighted by Gasteiger charge is 2.24. The molecule has 0 aromatic carbocycles. The van der Waals surface area contributed by atoms with Gasteiger partial charge in [-0.3, -0.25) is 5.32 Å². The number of hydrogen-bond donors (Lipinski definition) is 1. The Labute approximate surface area is 138 Å². The van der Waals surface area contributed by atoms with Crippen LogP contribution in [-0.2, 0) is 14.2 Å². The standard InChI is InChI=1S/C15H20N2O5S/c1-15(2,3)22-14(19)17-12-10(13(18)20-4)16-11(23-12)9-5-7-21-8-6-9/h5H,6-8H2,1-4H3,(H,17,19). The van der Waals surface area contributed by atoms with Crippen molar-refractivity contribution < 1.29 is 23.8 Å². The summed E-state index contributed by atoms with van der Waals surface area (Å²) < 4.78 is 15.2. The van der Waals surface area contributed by atoms with Crippen molar-refractivity contribution in [1.82, 2.24) is 4.98 Å². The van der Waals surface area contributed by atoms with E-state index in [-0.39, 0.29) is 5.69 Å². The number of carbonyl (C=O) groups is 2. The molecule has 0 fully saturated rings. The Morgan fingerprint density at radius 2 is 2.13 bits per heavy atom. The van der Waals surface area contributed by atoms with Crippen LogP contribution >= 0.6 is 11.3 Å². The van der Waals surface area contributed by atoms with Crippen molar-refractivity contribution in [2.45, 2.75) is 32.8 Å². The molecule has 1 aromatic heterocycles. The molecule has 0 aliphatic carbocycles. The molecule has 8 heteroatoms. The Morgan fingerprint density at radius 1 is 1.39 bits per heavy atom. The number of rotatable bonds is 3. The highest BCUT2D eigenvalue weighted by atomic mass is 32.1. The topological polar surface area (TPSA) is 86.8 Å². The molecular weight excluding hydrogens is 320 g/mol. The van der Waals surface area contributed by atoms with E-state index in [9.17, 15) is 9.59 Å². The lowest BCUT2D eigenvalue weighted by Gasteiger charge is -2.19. The summed E-state index contributed by atoms with van der Waals surface area (Å²) in [5, 5.41) is 3.56. The van der Waals surface area contributed by atoms with Gasteiger partial charge in [-0.1, -0.05) is 17.4 Å². The van der Waals surface area contributed by atoms with Crippen LogP contribution in [0.1, 0.15) is 42.7 Å². The minimum absolute atomic E-state index is 0.0748. The molecule has 2 rings (SSSR count). The second kappa shape index (κ2) is 7.10. The van der Waals surface area contributed by atoms with E-state index in [1.807, 2.05) is 6.08 Å². The van der Waals surface area contributed by atoms with E-state index in [1.165, 1.54) is 18.4 Å². The van der Waals surface area contributed by atoms with Gasteiger partial charge in [-0.15, -0.1) is 0 Å². The van der Waals surface area contributed by atoms with Gasteiger partial charge in [-0.2, -0.15) is 0 Å². The molecule has 1 aromatic rings. The number of nitrogens with one attached hydrogen (secondary N) is 1. The lowest BCUT2D eigenvalue weighted by molar-refractivity contribution is 0.0596. The van der Waals surface area contributed by atoms with E-state index in [0.29, 0.717) is 29.6 Å². The quantitative estimate of drug-likeness (QED) is 0.851. The van der Waals surface area contributed by atoms with E-state index in [0.717, 1.165) is 5.57 Å². The van der Waals surface area contributed by atoms with Crippen molar-refractivity contribution in [2.75, 3.05) is 25.6 Å². The molecule has 7 nitrogen and oxygen atoms in total. The first-order valence-corrected chi connectivity index (χ1v) is 7.98. The third kappa shape index (κ3) is 4.77. The summed E-state index contributed by atoms with van der Waals surface area (Å²) in [6, 6.07) is 0. The molecule has 0 spiro atoms. The number of thiazole rings is 1. The van der Waals surface area contributed by atoms with Gasteiger partial charge in [0.15, 0.2) is 5.69 Å². The zero-order valence-corrected chi connectivity index (χ0v) is 14.4. The minimum atomic E-state index is -0.640. The number of esters is 1. The van der Waals surface area contributed by atoms with Crippen LogP contribution in [0.2, 0.25) is 0 Å². The first-order valence-electron chi connectivity index (χ1n) is 7.16. The number of carbonyl (C=O) groups excluding carboxylic acids is 2. The fourth-order valence-corrected chi connectivity index (χ4v) is 2.90. The highest BCUT2D eigenvalue weighted by Crippen LogP contribution is 2.32. The van der Waals surface area contributed by atoms with E-state index < -0.39 is 17.7 Å². The summed E-state index contributed by atoms with van der Waals surface area (Å²) in [5.41, 5.74) is 0.432. The Morgan fingerprint density at radius 3 is 2.70 bits per heavy atom. The van der Waals surface area contributed by atoms with Crippen molar-refractivity contribution in [3.05, 3.63) is 16.8 Å². The Balaban J connectivity index is 2.26. The fraction of sp³-hybridized carbons (Fsp3) is 0.533. The van der Waals surface area contributed by atoms with Gasteiger partial charge in [0.1, 0.15) is 15.6 Å². The van der Waals surface area contributed by atoms with Crippen LogP contribution in [0, 0.1) is 0 Å². The average molecular weight is 340 g/mol. The van der Waals surface area contributed by atoms with E-state index >= 15 is 0 Å². The number of amides is 1. The molecule has 1 amide bonds. The Hall–Kier alpha value is -1.93. The Kier molecular flexibility index (Phi) is 5.38. The lowest BCUT2D eigenvalue weighted by Crippen LogP contribution is -2.27. The molecule has 0 unspecified atom stereocenters. The van der Waals surface area contributed by atoms with Gasteiger partial charge in [0.25, 0.3) is 0 Å². The summed E-state index contributed by atoms with van der Waals surface area (Å²) in [6.07, 6.45) is 1.99. The van der Waals surface area contributed by atoms with Crippen LogP contribution < -0.4 is 5.32 Å². The molecule has 0 atom stereocenters. The van der Waals surface area contributed by atoms with Crippen LogP contribution in [-0.4, -0.2) is 43.0 Å². The van der Waals surface area contributed by atoms with Gasteiger partial charge in [0, 0.05) is 0 Å². The highest BCUT2D eigenvalue weighted by molar-refractivity contribution is 7.17. The number of hydrogen-bond acceptors (Lipinski definition) is 7. The predicted molar refractivity (Wildman–Crippen MR) is 86.7 cm³/mol. The van der Waals surface area contributed by atoms with Crippen molar-refractivity contribution >= 4 is 34.0 Å². The maximum absolute atomic E-state index is 11.9. The average Bonchev–Trinajstić information content (AvgIpc) is 2.89. The Bertz CT molecular complexity index is 630.